The van der Waals surface area contributed by atoms with Gasteiger partial charge in [-0.2, -0.15) is 0 Å². The summed E-state index contributed by atoms with van der Waals surface area (Å²) >= 11 is 0. The van der Waals surface area contributed by atoms with Gasteiger partial charge in [0.15, 0.2) is 0 Å². The molecular weight excluding hydrogens is 347 g/mol. The Morgan fingerprint density at radius 3 is 2.61 bits per heavy atom. The van der Waals surface area contributed by atoms with Crippen LogP contribution in [0, 0.1) is 40.3 Å². The zero-order chi connectivity index (χ0) is 19.5. The monoisotopic (exact) mass is 382 g/mol. The van der Waals surface area contributed by atoms with Crippen molar-refractivity contribution >= 4 is 6.08 Å². The van der Waals surface area contributed by atoms with Crippen molar-refractivity contribution in [3.8, 4) is 0 Å². The predicted molar refractivity (Wildman–Crippen MR) is 112 cm³/mol. The first-order chi connectivity index (χ1) is 13.4. The standard InChI is InChI=1S/C26H35FO/c1-25-13-6-5-8-19(25)10-11-20-21(25)12-14-26(2)22(20)16-18(24(26)28)15-17-7-3-4-9-23(17)27/h3-4,7,9,15,19-22,24,28H,5-6,8,10-14,16H2,1-2H3/b18-15+/t19-,20-,21+,22-,24-,25+,26+/m1/s1. The summed E-state index contributed by atoms with van der Waals surface area (Å²) in [4.78, 5) is 0. The Morgan fingerprint density at radius 1 is 0.964 bits per heavy atom. The van der Waals surface area contributed by atoms with Crippen LogP contribution in [0.2, 0.25) is 0 Å². The minimum Gasteiger partial charge on any atom is -0.388 e. The zero-order valence-electron chi connectivity index (χ0n) is 17.5. The van der Waals surface area contributed by atoms with E-state index in [4.69, 9.17) is 0 Å². The summed E-state index contributed by atoms with van der Waals surface area (Å²) in [6.07, 6.45) is 13.3. The number of hydrogen-bond acceptors (Lipinski definition) is 1. The SMILES string of the molecule is C[C@]12CCCC[C@@H]1CC[C@H]1[C@H]3C/C(=C\c4ccccc4F)[C@@H](O)[C@@]3(C)CC[C@@H]12. The molecule has 7 atom stereocenters. The second-order valence-electron chi connectivity index (χ2n) is 10.8. The van der Waals surface area contributed by atoms with Crippen molar-refractivity contribution in [2.45, 2.75) is 77.7 Å². The number of rotatable bonds is 1. The van der Waals surface area contributed by atoms with Gasteiger partial charge in [-0.3, -0.25) is 0 Å². The Hall–Kier alpha value is -1.15. The second kappa shape index (κ2) is 6.69. The molecule has 4 aliphatic rings. The maximum atomic E-state index is 14.2. The van der Waals surface area contributed by atoms with Gasteiger partial charge in [0, 0.05) is 11.0 Å². The van der Waals surface area contributed by atoms with Crippen molar-refractivity contribution in [2.75, 3.05) is 0 Å². The summed E-state index contributed by atoms with van der Waals surface area (Å²) in [5.41, 5.74) is 2.18. The summed E-state index contributed by atoms with van der Waals surface area (Å²) in [6, 6.07) is 6.96. The van der Waals surface area contributed by atoms with Crippen molar-refractivity contribution in [3.63, 3.8) is 0 Å². The van der Waals surface area contributed by atoms with Crippen LogP contribution >= 0.6 is 0 Å². The number of aliphatic hydroxyl groups excluding tert-OH is 1. The lowest BCUT2D eigenvalue weighted by Gasteiger charge is -2.60. The van der Waals surface area contributed by atoms with Gasteiger partial charge in [0.25, 0.3) is 0 Å². The van der Waals surface area contributed by atoms with E-state index in [2.05, 4.69) is 13.8 Å². The first-order valence-electron chi connectivity index (χ1n) is 11.6. The lowest BCUT2D eigenvalue weighted by atomic mass is 9.45. The molecule has 0 spiro atoms. The molecule has 0 unspecified atom stereocenters. The van der Waals surface area contributed by atoms with E-state index in [1.807, 2.05) is 18.2 Å². The summed E-state index contributed by atoms with van der Waals surface area (Å²) < 4.78 is 14.2. The largest absolute Gasteiger partial charge is 0.388 e. The highest BCUT2D eigenvalue weighted by Crippen LogP contribution is 2.67. The van der Waals surface area contributed by atoms with E-state index in [-0.39, 0.29) is 11.2 Å². The maximum Gasteiger partial charge on any atom is 0.130 e. The molecule has 4 fully saturated rings. The van der Waals surface area contributed by atoms with Crippen LogP contribution < -0.4 is 0 Å². The Labute approximate surface area is 169 Å². The molecule has 0 heterocycles. The van der Waals surface area contributed by atoms with Crippen molar-refractivity contribution in [1.29, 1.82) is 0 Å². The van der Waals surface area contributed by atoms with Gasteiger partial charge in [0.1, 0.15) is 5.82 Å². The van der Waals surface area contributed by atoms with E-state index in [1.54, 1.807) is 6.07 Å². The van der Waals surface area contributed by atoms with E-state index >= 15 is 0 Å². The average Bonchev–Trinajstić information content (AvgIpc) is 2.94. The van der Waals surface area contributed by atoms with Crippen LogP contribution in [0.4, 0.5) is 4.39 Å². The quantitative estimate of drug-likeness (QED) is 0.579. The minimum absolute atomic E-state index is 0.0316. The van der Waals surface area contributed by atoms with Gasteiger partial charge < -0.3 is 5.11 Å². The fraction of sp³-hybridized carbons (Fsp3) is 0.692. The summed E-state index contributed by atoms with van der Waals surface area (Å²) in [5.74, 6) is 2.85. The lowest BCUT2D eigenvalue weighted by molar-refractivity contribution is -0.119. The van der Waals surface area contributed by atoms with E-state index in [0.29, 0.717) is 16.9 Å². The molecule has 0 aliphatic heterocycles. The number of fused-ring (bicyclic) bond motifs is 5. The molecule has 4 saturated carbocycles. The highest BCUT2D eigenvalue weighted by Gasteiger charge is 2.60. The Balaban J connectivity index is 1.47. The average molecular weight is 383 g/mol. The van der Waals surface area contributed by atoms with Crippen LogP contribution in [0.5, 0.6) is 0 Å². The summed E-state index contributed by atoms with van der Waals surface area (Å²) in [6.45, 7) is 4.91. The van der Waals surface area contributed by atoms with Crippen LogP contribution in [-0.4, -0.2) is 11.2 Å². The molecule has 0 saturated heterocycles. The number of benzene rings is 1. The van der Waals surface area contributed by atoms with E-state index < -0.39 is 6.10 Å². The highest BCUT2D eigenvalue weighted by atomic mass is 19.1. The van der Waals surface area contributed by atoms with Crippen LogP contribution in [0.1, 0.15) is 77.2 Å². The van der Waals surface area contributed by atoms with Gasteiger partial charge >= 0.3 is 0 Å². The predicted octanol–water partition coefficient (Wildman–Crippen LogP) is 6.61. The molecule has 0 aromatic heterocycles. The lowest BCUT2D eigenvalue weighted by Crippen LogP contribution is -2.53. The van der Waals surface area contributed by atoms with Gasteiger partial charge in [-0.1, -0.05) is 51.0 Å². The van der Waals surface area contributed by atoms with E-state index in [9.17, 15) is 9.50 Å². The smallest absolute Gasteiger partial charge is 0.130 e. The van der Waals surface area contributed by atoms with E-state index in [0.717, 1.165) is 36.2 Å². The van der Waals surface area contributed by atoms with E-state index in [1.165, 1.54) is 51.0 Å². The molecule has 0 amide bonds. The molecule has 28 heavy (non-hydrogen) atoms. The first kappa shape index (κ1) is 18.9. The molecule has 4 aliphatic carbocycles. The van der Waals surface area contributed by atoms with Gasteiger partial charge in [-0.15, -0.1) is 0 Å². The molecule has 0 bridgehead atoms. The Morgan fingerprint density at radius 2 is 1.79 bits per heavy atom. The van der Waals surface area contributed by atoms with Crippen molar-refractivity contribution in [3.05, 3.63) is 41.2 Å². The zero-order valence-corrected chi connectivity index (χ0v) is 17.5. The number of aliphatic hydroxyl groups is 1. The summed E-state index contributed by atoms with van der Waals surface area (Å²) in [5, 5.41) is 11.3. The van der Waals surface area contributed by atoms with Crippen LogP contribution in [0.25, 0.3) is 6.08 Å². The van der Waals surface area contributed by atoms with Crippen molar-refractivity contribution in [2.24, 2.45) is 34.5 Å². The molecular formula is C26H35FO. The summed E-state index contributed by atoms with van der Waals surface area (Å²) in [7, 11) is 0. The number of halogens is 1. The van der Waals surface area contributed by atoms with Crippen LogP contribution in [-0.2, 0) is 0 Å². The maximum absolute atomic E-state index is 14.2. The minimum atomic E-state index is -0.421. The molecule has 1 N–H and O–H groups in total. The second-order valence-corrected chi connectivity index (χ2v) is 10.8. The Kier molecular flexibility index (Phi) is 4.50. The molecule has 5 rings (SSSR count). The third kappa shape index (κ3) is 2.66. The third-order valence-electron chi connectivity index (χ3n) is 9.70. The molecule has 2 heteroatoms. The van der Waals surface area contributed by atoms with Gasteiger partial charge in [-0.05, 0) is 85.7 Å². The molecule has 1 aromatic carbocycles. The van der Waals surface area contributed by atoms with Crippen LogP contribution in [0.3, 0.4) is 0 Å². The molecule has 1 nitrogen and oxygen atoms in total. The van der Waals surface area contributed by atoms with Gasteiger partial charge in [0.2, 0.25) is 0 Å². The first-order valence-corrected chi connectivity index (χ1v) is 11.6. The molecule has 152 valence electrons. The topological polar surface area (TPSA) is 20.2 Å². The normalized spacial score (nSPS) is 46.7. The molecule has 1 aromatic rings. The highest BCUT2D eigenvalue weighted by molar-refractivity contribution is 5.56. The van der Waals surface area contributed by atoms with Crippen molar-refractivity contribution < 1.29 is 9.50 Å². The fourth-order valence-corrected chi connectivity index (χ4v) is 8.09. The van der Waals surface area contributed by atoms with Crippen LogP contribution in [0.15, 0.2) is 29.8 Å². The number of hydrogen-bond donors (Lipinski definition) is 1. The third-order valence-corrected chi connectivity index (χ3v) is 9.70. The van der Waals surface area contributed by atoms with Gasteiger partial charge in [-0.25, -0.2) is 4.39 Å². The van der Waals surface area contributed by atoms with Crippen molar-refractivity contribution in [1.82, 2.24) is 0 Å². The molecule has 0 radical (unpaired) electrons. The van der Waals surface area contributed by atoms with Gasteiger partial charge in [0.05, 0.1) is 6.10 Å². The Bertz CT molecular complexity index is 784. The fourth-order valence-electron chi connectivity index (χ4n) is 8.09.